The van der Waals surface area contributed by atoms with Crippen LogP contribution in [0.5, 0.6) is 0 Å². The van der Waals surface area contributed by atoms with Crippen molar-refractivity contribution in [2.75, 3.05) is 6.61 Å². The van der Waals surface area contributed by atoms with Gasteiger partial charge in [0.15, 0.2) is 6.61 Å². The summed E-state index contributed by atoms with van der Waals surface area (Å²) in [5.74, 6) is -1.49. The molecule has 0 radical (unpaired) electrons. The standard InChI is InChI=1S/C19H14ClN3O7/c1-2-28-18(24)11-7-12(9-13(8-11)23(26)27)19(25)29-10-16-21-17(30-22-16)14-5-3-4-6-15(14)20/h3-9H,2,10H2,1H3. The molecule has 10 nitrogen and oxygen atoms in total. The molecule has 2 aromatic carbocycles. The van der Waals surface area contributed by atoms with E-state index in [1.165, 1.54) is 0 Å². The fourth-order valence-electron chi connectivity index (χ4n) is 2.44. The average molecular weight is 432 g/mol. The van der Waals surface area contributed by atoms with Gasteiger partial charge in [-0.3, -0.25) is 10.1 Å². The second-order valence-corrected chi connectivity index (χ2v) is 6.23. The number of hydrogen-bond acceptors (Lipinski definition) is 9. The lowest BCUT2D eigenvalue weighted by Crippen LogP contribution is -2.10. The summed E-state index contributed by atoms with van der Waals surface area (Å²) in [6.07, 6.45) is 0. The highest BCUT2D eigenvalue weighted by molar-refractivity contribution is 6.33. The van der Waals surface area contributed by atoms with Crippen LogP contribution in [0.15, 0.2) is 47.0 Å². The Labute approximate surface area is 174 Å². The van der Waals surface area contributed by atoms with Crippen LogP contribution in [0, 0.1) is 10.1 Å². The molecule has 0 fully saturated rings. The van der Waals surface area contributed by atoms with Crippen LogP contribution in [0.4, 0.5) is 5.69 Å². The number of halogens is 1. The van der Waals surface area contributed by atoms with Gasteiger partial charge in [-0.05, 0) is 25.1 Å². The number of nitro benzene ring substituents is 1. The fourth-order valence-corrected chi connectivity index (χ4v) is 2.65. The number of hydrogen-bond donors (Lipinski definition) is 0. The second-order valence-electron chi connectivity index (χ2n) is 5.82. The van der Waals surface area contributed by atoms with Crippen LogP contribution >= 0.6 is 11.6 Å². The topological polar surface area (TPSA) is 135 Å². The molecule has 0 aliphatic carbocycles. The SMILES string of the molecule is CCOC(=O)c1cc(C(=O)OCc2noc(-c3ccccc3Cl)n2)cc([N+](=O)[O-])c1. The summed E-state index contributed by atoms with van der Waals surface area (Å²) in [5.41, 5.74) is -0.268. The number of carbonyl (C=O) groups is 2. The van der Waals surface area contributed by atoms with Gasteiger partial charge in [-0.15, -0.1) is 0 Å². The van der Waals surface area contributed by atoms with Crippen molar-refractivity contribution >= 4 is 29.2 Å². The zero-order valence-electron chi connectivity index (χ0n) is 15.5. The lowest BCUT2D eigenvalue weighted by Gasteiger charge is -2.06. The van der Waals surface area contributed by atoms with E-state index in [0.717, 1.165) is 18.2 Å². The van der Waals surface area contributed by atoms with E-state index in [1.54, 1.807) is 31.2 Å². The van der Waals surface area contributed by atoms with Crippen LogP contribution in [0.3, 0.4) is 0 Å². The van der Waals surface area contributed by atoms with Crippen molar-refractivity contribution < 1.29 is 28.5 Å². The third kappa shape index (κ3) is 4.78. The molecule has 30 heavy (non-hydrogen) atoms. The van der Waals surface area contributed by atoms with Crippen LogP contribution in [0.2, 0.25) is 5.02 Å². The summed E-state index contributed by atoms with van der Waals surface area (Å²) < 4.78 is 15.0. The average Bonchev–Trinajstić information content (AvgIpc) is 3.21. The van der Waals surface area contributed by atoms with Gasteiger partial charge in [-0.1, -0.05) is 28.9 Å². The van der Waals surface area contributed by atoms with Crippen LogP contribution in [0.25, 0.3) is 11.5 Å². The molecule has 0 bridgehead atoms. The first-order valence-corrected chi connectivity index (χ1v) is 8.98. The minimum atomic E-state index is -0.909. The van der Waals surface area contributed by atoms with Crippen LogP contribution in [-0.2, 0) is 16.1 Å². The Morgan fingerprint density at radius 1 is 1.13 bits per heavy atom. The van der Waals surface area contributed by atoms with Gasteiger partial charge in [0.1, 0.15) is 0 Å². The largest absolute Gasteiger partial charge is 0.462 e. The second kappa shape index (κ2) is 9.14. The number of nitro groups is 1. The molecule has 3 rings (SSSR count). The maximum atomic E-state index is 12.4. The predicted molar refractivity (Wildman–Crippen MR) is 103 cm³/mol. The summed E-state index contributed by atoms with van der Waals surface area (Å²) in [4.78, 5) is 38.7. The Kier molecular flexibility index (Phi) is 6.38. The Morgan fingerprint density at radius 2 is 1.80 bits per heavy atom. The maximum absolute atomic E-state index is 12.4. The molecule has 1 heterocycles. The summed E-state index contributed by atoms with van der Waals surface area (Å²) in [7, 11) is 0. The molecule has 0 atom stereocenters. The zero-order valence-corrected chi connectivity index (χ0v) is 16.3. The Hall–Kier alpha value is -3.79. The van der Waals surface area contributed by atoms with E-state index in [1.807, 2.05) is 0 Å². The minimum Gasteiger partial charge on any atom is -0.462 e. The number of benzene rings is 2. The van der Waals surface area contributed by atoms with Gasteiger partial charge >= 0.3 is 11.9 Å². The fraction of sp³-hybridized carbons (Fsp3) is 0.158. The molecular formula is C19H14ClN3O7. The van der Waals surface area contributed by atoms with Gasteiger partial charge in [0.2, 0.25) is 5.82 Å². The van der Waals surface area contributed by atoms with Crippen LogP contribution < -0.4 is 0 Å². The van der Waals surface area contributed by atoms with Crippen molar-refractivity contribution in [3.8, 4) is 11.5 Å². The lowest BCUT2D eigenvalue weighted by atomic mass is 10.1. The van der Waals surface area contributed by atoms with Crippen molar-refractivity contribution in [2.24, 2.45) is 0 Å². The zero-order chi connectivity index (χ0) is 21.7. The minimum absolute atomic E-state index is 0.0642. The van der Waals surface area contributed by atoms with E-state index >= 15 is 0 Å². The van der Waals surface area contributed by atoms with Gasteiger partial charge in [0.05, 0.1) is 33.2 Å². The van der Waals surface area contributed by atoms with E-state index in [9.17, 15) is 19.7 Å². The maximum Gasteiger partial charge on any atom is 0.338 e. The number of rotatable bonds is 7. The highest BCUT2D eigenvalue weighted by Crippen LogP contribution is 2.26. The van der Waals surface area contributed by atoms with E-state index in [0.29, 0.717) is 10.6 Å². The van der Waals surface area contributed by atoms with Crippen molar-refractivity contribution in [1.82, 2.24) is 10.1 Å². The summed E-state index contributed by atoms with van der Waals surface area (Å²) in [6.45, 7) is 1.31. The monoisotopic (exact) mass is 431 g/mol. The summed E-state index contributed by atoms with van der Waals surface area (Å²) in [6, 6.07) is 10.00. The van der Waals surface area contributed by atoms with E-state index in [4.69, 9.17) is 25.6 Å². The number of carbonyl (C=O) groups excluding carboxylic acids is 2. The van der Waals surface area contributed by atoms with E-state index in [2.05, 4.69) is 10.1 Å². The quantitative estimate of drug-likeness (QED) is 0.310. The molecule has 0 aliphatic heterocycles. The predicted octanol–water partition coefficient (Wildman–Crippen LogP) is 3.83. The Morgan fingerprint density at radius 3 is 2.43 bits per heavy atom. The third-order valence-corrected chi connectivity index (χ3v) is 4.11. The van der Waals surface area contributed by atoms with Crippen molar-refractivity contribution in [1.29, 1.82) is 0 Å². The molecule has 0 unspecified atom stereocenters. The smallest absolute Gasteiger partial charge is 0.338 e. The van der Waals surface area contributed by atoms with Gasteiger partial charge in [-0.2, -0.15) is 4.98 Å². The molecule has 0 N–H and O–H groups in total. The molecule has 11 heteroatoms. The van der Waals surface area contributed by atoms with Crippen molar-refractivity contribution in [3.05, 3.63) is 74.6 Å². The van der Waals surface area contributed by atoms with Crippen LogP contribution in [0.1, 0.15) is 33.5 Å². The van der Waals surface area contributed by atoms with Crippen LogP contribution in [-0.4, -0.2) is 33.6 Å². The molecule has 0 aliphatic rings. The highest BCUT2D eigenvalue weighted by Gasteiger charge is 2.20. The summed E-state index contributed by atoms with van der Waals surface area (Å²) >= 11 is 6.07. The normalized spacial score (nSPS) is 10.5. The molecule has 0 saturated heterocycles. The lowest BCUT2D eigenvalue weighted by molar-refractivity contribution is -0.384. The van der Waals surface area contributed by atoms with E-state index in [-0.39, 0.29) is 36.1 Å². The third-order valence-electron chi connectivity index (χ3n) is 3.78. The molecular weight excluding hydrogens is 418 g/mol. The van der Waals surface area contributed by atoms with Gasteiger partial charge in [0, 0.05) is 12.1 Å². The van der Waals surface area contributed by atoms with Crippen molar-refractivity contribution in [2.45, 2.75) is 13.5 Å². The first-order chi connectivity index (χ1) is 14.4. The first kappa shape index (κ1) is 20.9. The van der Waals surface area contributed by atoms with Crippen molar-refractivity contribution in [3.63, 3.8) is 0 Å². The Bertz CT molecular complexity index is 1110. The molecule has 3 aromatic rings. The van der Waals surface area contributed by atoms with Gasteiger partial charge < -0.3 is 14.0 Å². The number of esters is 2. The molecule has 0 saturated carbocycles. The number of non-ortho nitro benzene ring substituents is 1. The van der Waals surface area contributed by atoms with E-state index < -0.39 is 22.5 Å². The first-order valence-electron chi connectivity index (χ1n) is 8.60. The molecule has 154 valence electrons. The summed E-state index contributed by atoms with van der Waals surface area (Å²) in [5, 5.41) is 15.2. The van der Waals surface area contributed by atoms with Gasteiger partial charge in [-0.25, -0.2) is 9.59 Å². The molecule has 0 amide bonds. The number of aromatic nitrogens is 2. The Balaban J connectivity index is 1.76. The molecule has 0 spiro atoms. The number of nitrogens with zero attached hydrogens (tertiary/aromatic N) is 3. The highest BCUT2D eigenvalue weighted by atomic mass is 35.5. The number of ether oxygens (including phenoxy) is 2. The van der Waals surface area contributed by atoms with Gasteiger partial charge in [0.25, 0.3) is 11.6 Å². The molecule has 1 aromatic heterocycles.